The van der Waals surface area contributed by atoms with Gasteiger partial charge >= 0.3 is 5.97 Å². The summed E-state index contributed by atoms with van der Waals surface area (Å²) in [4.78, 5) is 16.9. The highest BCUT2D eigenvalue weighted by Crippen LogP contribution is 2.39. The summed E-state index contributed by atoms with van der Waals surface area (Å²) >= 11 is 0. The molecule has 0 saturated heterocycles. The third-order valence-corrected chi connectivity index (χ3v) is 5.80. The summed E-state index contributed by atoms with van der Waals surface area (Å²) in [5.74, 6) is 0.892. The molecule has 4 heteroatoms. The van der Waals surface area contributed by atoms with Crippen molar-refractivity contribution in [2.75, 3.05) is 6.61 Å². The summed E-state index contributed by atoms with van der Waals surface area (Å²) in [6.45, 7) is 2.13. The molecule has 0 amide bonds. The maximum absolute atomic E-state index is 11.9. The van der Waals surface area contributed by atoms with Crippen LogP contribution in [0.5, 0.6) is 0 Å². The predicted molar refractivity (Wildman–Crippen MR) is 144 cm³/mol. The lowest BCUT2D eigenvalue weighted by molar-refractivity contribution is -0.137. The van der Waals surface area contributed by atoms with Crippen LogP contribution in [-0.2, 0) is 9.53 Å². The van der Waals surface area contributed by atoms with Crippen molar-refractivity contribution in [1.82, 2.24) is 4.98 Å². The van der Waals surface area contributed by atoms with E-state index in [9.17, 15) is 4.79 Å². The molecule has 1 heterocycles. The van der Waals surface area contributed by atoms with Crippen molar-refractivity contribution < 1.29 is 13.9 Å². The Labute approximate surface area is 210 Å². The summed E-state index contributed by atoms with van der Waals surface area (Å²) in [6, 6.07) is 36.0. The molecule has 0 bridgehead atoms. The number of oxazole rings is 1. The minimum absolute atomic E-state index is 0.339. The standard InChI is InChI=1S/C32H25NO3/c1-2-35-29(34)22-21-23-13-9-10-18-26(23)27-19-11-12-20-28(27)32-33-30(24-14-5-3-6-15-24)31(36-32)25-16-7-4-8-17-25/h3-22H,2H2,1H3. The maximum Gasteiger partial charge on any atom is 0.330 e. The van der Waals surface area contributed by atoms with Crippen LogP contribution in [0, 0.1) is 0 Å². The summed E-state index contributed by atoms with van der Waals surface area (Å²) < 4.78 is 11.5. The van der Waals surface area contributed by atoms with Gasteiger partial charge in [0.2, 0.25) is 5.89 Å². The molecule has 0 saturated carbocycles. The van der Waals surface area contributed by atoms with E-state index in [1.165, 1.54) is 6.08 Å². The second-order valence-corrected chi connectivity index (χ2v) is 8.15. The van der Waals surface area contributed by atoms with Gasteiger partial charge in [-0.15, -0.1) is 0 Å². The van der Waals surface area contributed by atoms with Crippen LogP contribution in [0.3, 0.4) is 0 Å². The van der Waals surface area contributed by atoms with E-state index in [2.05, 4.69) is 0 Å². The van der Waals surface area contributed by atoms with Crippen LogP contribution < -0.4 is 0 Å². The molecule has 0 radical (unpaired) electrons. The highest BCUT2D eigenvalue weighted by atomic mass is 16.5. The molecule has 0 atom stereocenters. The fourth-order valence-corrected chi connectivity index (χ4v) is 4.15. The molecule has 0 fully saturated rings. The molecule has 5 aromatic rings. The molecular formula is C32H25NO3. The molecule has 1 aromatic heterocycles. The van der Waals surface area contributed by atoms with Gasteiger partial charge in [-0.2, -0.15) is 0 Å². The van der Waals surface area contributed by atoms with Crippen molar-refractivity contribution in [3.8, 4) is 45.2 Å². The van der Waals surface area contributed by atoms with Gasteiger partial charge in [0, 0.05) is 22.8 Å². The van der Waals surface area contributed by atoms with E-state index in [-0.39, 0.29) is 5.97 Å². The van der Waals surface area contributed by atoms with E-state index in [1.54, 1.807) is 13.0 Å². The number of hydrogen-bond donors (Lipinski definition) is 0. The molecule has 0 aliphatic rings. The van der Waals surface area contributed by atoms with E-state index in [0.29, 0.717) is 12.5 Å². The lowest BCUT2D eigenvalue weighted by atomic mass is 9.95. The Hall–Kier alpha value is -4.70. The quantitative estimate of drug-likeness (QED) is 0.179. The van der Waals surface area contributed by atoms with E-state index >= 15 is 0 Å². The molecule has 0 spiro atoms. The van der Waals surface area contributed by atoms with Gasteiger partial charge in [-0.05, 0) is 35.8 Å². The highest BCUT2D eigenvalue weighted by molar-refractivity contribution is 5.91. The molecule has 0 unspecified atom stereocenters. The van der Waals surface area contributed by atoms with Crippen molar-refractivity contribution in [3.05, 3.63) is 121 Å². The Bertz CT molecular complexity index is 1440. The van der Waals surface area contributed by atoms with Gasteiger partial charge in [0.25, 0.3) is 0 Å². The summed E-state index contributed by atoms with van der Waals surface area (Å²) in [7, 11) is 0. The number of nitrogens with zero attached hydrogens (tertiary/aromatic N) is 1. The van der Waals surface area contributed by atoms with Gasteiger partial charge in [0.15, 0.2) is 5.76 Å². The van der Waals surface area contributed by atoms with Gasteiger partial charge in [-0.3, -0.25) is 0 Å². The smallest absolute Gasteiger partial charge is 0.330 e. The van der Waals surface area contributed by atoms with Gasteiger partial charge in [-0.25, -0.2) is 9.78 Å². The van der Waals surface area contributed by atoms with Crippen LogP contribution >= 0.6 is 0 Å². The van der Waals surface area contributed by atoms with Crippen molar-refractivity contribution >= 4 is 12.0 Å². The Morgan fingerprint density at radius 3 is 2.03 bits per heavy atom. The van der Waals surface area contributed by atoms with Crippen molar-refractivity contribution in [3.63, 3.8) is 0 Å². The summed E-state index contributed by atoms with van der Waals surface area (Å²) in [6.07, 6.45) is 3.24. The molecule has 0 aliphatic heterocycles. The molecule has 0 N–H and O–H groups in total. The van der Waals surface area contributed by atoms with Gasteiger partial charge < -0.3 is 9.15 Å². The first kappa shape index (κ1) is 23.1. The van der Waals surface area contributed by atoms with Crippen molar-refractivity contribution in [2.45, 2.75) is 6.92 Å². The summed E-state index contributed by atoms with van der Waals surface area (Å²) in [5, 5.41) is 0. The number of aromatic nitrogens is 1. The number of rotatable bonds is 7. The lowest BCUT2D eigenvalue weighted by Gasteiger charge is -2.10. The molecule has 5 rings (SSSR count). The number of benzene rings is 4. The van der Waals surface area contributed by atoms with Gasteiger partial charge in [0.05, 0.1) is 6.61 Å². The van der Waals surface area contributed by atoms with E-state index in [4.69, 9.17) is 14.1 Å². The van der Waals surface area contributed by atoms with E-state index < -0.39 is 0 Å². The van der Waals surface area contributed by atoms with E-state index in [0.717, 1.165) is 44.8 Å². The third kappa shape index (κ3) is 4.89. The van der Waals surface area contributed by atoms with Crippen LogP contribution in [0.25, 0.3) is 51.2 Å². The Balaban J connectivity index is 1.64. The first-order valence-corrected chi connectivity index (χ1v) is 11.9. The largest absolute Gasteiger partial charge is 0.463 e. The van der Waals surface area contributed by atoms with Crippen molar-refractivity contribution in [2.24, 2.45) is 0 Å². The summed E-state index contributed by atoms with van der Waals surface area (Å²) in [5.41, 5.74) is 6.44. The topological polar surface area (TPSA) is 52.3 Å². The normalized spacial score (nSPS) is 11.0. The zero-order chi connectivity index (χ0) is 24.7. The second-order valence-electron chi connectivity index (χ2n) is 8.15. The number of carbonyl (C=O) groups is 1. The highest BCUT2D eigenvalue weighted by Gasteiger charge is 2.20. The zero-order valence-corrected chi connectivity index (χ0v) is 19.9. The molecule has 4 aromatic carbocycles. The first-order chi connectivity index (χ1) is 17.7. The minimum Gasteiger partial charge on any atom is -0.463 e. The second kappa shape index (κ2) is 10.7. The van der Waals surface area contributed by atoms with Gasteiger partial charge in [-0.1, -0.05) is 103 Å². The Morgan fingerprint density at radius 2 is 1.33 bits per heavy atom. The number of esters is 1. The fraction of sp³-hybridized carbons (Fsp3) is 0.0625. The maximum atomic E-state index is 11.9. The van der Waals surface area contributed by atoms with Crippen molar-refractivity contribution in [1.29, 1.82) is 0 Å². The number of hydrogen-bond acceptors (Lipinski definition) is 4. The Morgan fingerprint density at radius 1 is 0.750 bits per heavy atom. The molecule has 4 nitrogen and oxygen atoms in total. The van der Waals surface area contributed by atoms with E-state index in [1.807, 2.05) is 109 Å². The van der Waals surface area contributed by atoms with Crippen LogP contribution in [-0.4, -0.2) is 17.6 Å². The zero-order valence-electron chi connectivity index (χ0n) is 19.9. The molecule has 0 aliphatic carbocycles. The monoisotopic (exact) mass is 471 g/mol. The third-order valence-electron chi connectivity index (χ3n) is 5.80. The van der Waals surface area contributed by atoms with Crippen LogP contribution in [0.4, 0.5) is 0 Å². The number of carbonyl (C=O) groups excluding carboxylic acids is 1. The average Bonchev–Trinajstić information content (AvgIpc) is 3.39. The molecule has 176 valence electrons. The molecular weight excluding hydrogens is 446 g/mol. The van der Waals surface area contributed by atoms with Crippen LogP contribution in [0.2, 0.25) is 0 Å². The first-order valence-electron chi connectivity index (χ1n) is 11.9. The van der Waals surface area contributed by atoms with Crippen LogP contribution in [0.15, 0.2) is 120 Å². The van der Waals surface area contributed by atoms with Crippen LogP contribution in [0.1, 0.15) is 12.5 Å². The Kier molecular flexibility index (Phi) is 6.86. The SMILES string of the molecule is CCOC(=O)C=Cc1ccccc1-c1ccccc1-c1nc(-c2ccccc2)c(-c2ccccc2)o1. The lowest BCUT2D eigenvalue weighted by Crippen LogP contribution is -1.98. The predicted octanol–water partition coefficient (Wildman–Crippen LogP) is 7.92. The van der Waals surface area contributed by atoms with Gasteiger partial charge in [0.1, 0.15) is 5.69 Å². The molecule has 36 heavy (non-hydrogen) atoms. The average molecular weight is 472 g/mol. The fourth-order valence-electron chi connectivity index (χ4n) is 4.15. The number of ether oxygens (including phenoxy) is 1. The minimum atomic E-state index is -0.367.